The number of allylic oxidation sites excluding steroid dienone is 4. The zero-order chi connectivity index (χ0) is 38.7. The molecule has 0 saturated carbocycles. The molecule has 0 bridgehead atoms. The van der Waals surface area contributed by atoms with Crippen molar-refractivity contribution in [3.8, 4) is 11.4 Å². The normalized spacial score (nSPS) is 10.7. The second-order valence-electron chi connectivity index (χ2n) is 10.3. The molecule has 0 spiro atoms. The zero-order valence-corrected chi connectivity index (χ0v) is 33.6. The number of hydrogen-bond acceptors (Lipinski definition) is 0. The van der Waals surface area contributed by atoms with Crippen LogP contribution in [0.4, 0.5) is 0 Å². The van der Waals surface area contributed by atoms with Gasteiger partial charge in [-0.1, -0.05) is 130 Å². The van der Waals surface area contributed by atoms with E-state index in [0.717, 1.165) is 78.2 Å². The molecule has 5 rings (SSSR count). The summed E-state index contributed by atoms with van der Waals surface area (Å²) >= 11 is 0. The van der Waals surface area contributed by atoms with Crippen LogP contribution in [-0.4, -0.2) is 14.1 Å². The van der Waals surface area contributed by atoms with Gasteiger partial charge in [-0.3, -0.25) is 0 Å². The van der Waals surface area contributed by atoms with Gasteiger partial charge in [0.15, 0.2) is 0 Å². The molecule has 0 aliphatic heterocycles. The van der Waals surface area contributed by atoms with E-state index in [1.807, 2.05) is 107 Å². The second kappa shape index (κ2) is 22.4. The van der Waals surface area contributed by atoms with Crippen molar-refractivity contribution in [3.63, 3.8) is 0 Å². The summed E-state index contributed by atoms with van der Waals surface area (Å²) in [6.07, 6.45) is 24.5. The first-order valence-corrected chi connectivity index (χ1v) is 18.7. The third-order valence-electron chi connectivity index (χ3n) is 7.84. The Morgan fingerprint density at radius 3 is 0.902 bits per heavy atom. The monoisotopic (exact) mass is 682 g/mol. The van der Waals surface area contributed by atoms with Crippen LogP contribution < -0.4 is 0 Å². The Labute approximate surface area is 310 Å². The van der Waals surface area contributed by atoms with Gasteiger partial charge in [0.05, 0.1) is 22.8 Å². The number of nitrogens with zero attached hydrogens (tertiary/aromatic N) is 2. The molecular weight excluding hydrogens is 619 g/mol. The molecule has 0 fully saturated rings. The maximum absolute atomic E-state index is 4.18. The van der Waals surface area contributed by atoms with E-state index >= 15 is 0 Å². The first kappa shape index (κ1) is 43.7. The highest BCUT2D eigenvalue weighted by atomic mass is 15.0. The molecule has 3 heteroatoms. The van der Waals surface area contributed by atoms with Crippen molar-refractivity contribution in [2.75, 3.05) is 0 Å². The zero-order valence-electron chi connectivity index (χ0n) is 33.6. The van der Waals surface area contributed by atoms with Crippen LogP contribution >= 0.6 is 0 Å². The van der Waals surface area contributed by atoms with E-state index in [1.165, 1.54) is 0 Å². The lowest BCUT2D eigenvalue weighted by atomic mass is 10.1. The molecule has 3 aromatic heterocycles. The van der Waals surface area contributed by atoms with Gasteiger partial charge in [0.2, 0.25) is 0 Å². The average molecular weight is 682 g/mol. The Morgan fingerprint density at radius 1 is 0.431 bits per heavy atom. The van der Waals surface area contributed by atoms with Gasteiger partial charge in [-0.25, -0.2) is 0 Å². The molecule has 0 atom stereocenters. The van der Waals surface area contributed by atoms with Crippen molar-refractivity contribution < 1.29 is 0 Å². The van der Waals surface area contributed by atoms with Crippen molar-refractivity contribution >= 4 is 70.4 Å². The molecule has 5 aromatic rings. The fraction of sp³-hybridized carbons (Fsp3) is 0.250. The molecule has 270 valence electrons. The highest BCUT2D eigenvalue weighted by molar-refractivity contribution is 6.08. The van der Waals surface area contributed by atoms with E-state index < -0.39 is 0 Å². The second-order valence-corrected chi connectivity index (χ2v) is 10.3. The summed E-state index contributed by atoms with van der Waals surface area (Å²) < 4.78 is 4.49. The molecule has 1 N–H and O–H groups in total. The van der Waals surface area contributed by atoms with Gasteiger partial charge in [0, 0.05) is 55.4 Å². The van der Waals surface area contributed by atoms with E-state index in [-0.39, 0.29) is 0 Å². The molecule has 0 radical (unpaired) electrons. The minimum absolute atomic E-state index is 1.03. The third-order valence-corrected chi connectivity index (χ3v) is 7.84. The van der Waals surface area contributed by atoms with Gasteiger partial charge in [-0.05, 0) is 88.4 Å². The van der Waals surface area contributed by atoms with Gasteiger partial charge in [-0.15, -0.1) is 0 Å². The molecular formula is C48H63N3. The van der Waals surface area contributed by atoms with E-state index in [9.17, 15) is 0 Å². The summed E-state index contributed by atoms with van der Waals surface area (Å²) in [5.74, 6) is 0. The van der Waals surface area contributed by atoms with Crippen molar-refractivity contribution in [2.24, 2.45) is 0 Å². The number of hydrogen-bond donors (Lipinski definition) is 1. The Morgan fingerprint density at radius 2 is 0.686 bits per heavy atom. The predicted octanol–water partition coefficient (Wildman–Crippen LogP) is 15.7. The van der Waals surface area contributed by atoms with Gasteiger partial charge in [0.1, 0.15) is 0 Å². The van der Waals surface area contributed by atoms with Crippen LogP contribution in [0.25, 0.3) is 81.8 Å². The molecule has 2 aromatic carbocycles. The first-order valence-electron chi connectivity index (χ1n) is 18.7. The van der Waals surface area contributed by atoms with Gasteiger partial charge in [0.25, 0.3) is 0 Å². The van der Waals surface area contributed by atoms with Gasteiger partial charge in [-0.2, -0.15) is 0 Å². The molecule has 51 heavy (non-hydrogen) atoms. The number of benzene rings is 2. The van der Waals surface area contributed by atoms with Crippen LogP contribution in [0.1, 0.15) is 128 Å². The predicted molar refractivity (Wildman–Crippen MR) is 239 cm³/mol. The number of nitrogens with one attached hydrogen (secondary N) is 1. The number of rotatable bonds is 10. The number of fused-ring (bicyclic) bond motifs is 3. The molecule has 3 nitrogen and oxygen atoms in total. The van der Waals surface area contributed by atoms with Crippen LogP contribution in [0.5, 0.6) is 0 Å². The quantitative estimate of drug-likeness (QED) is 0.152. The third kappa shape index (κ3) is 8.72. The summed E-state index contributed by atoms with van der Waals surface area (Å²) in [6.45, 7) is 40.9. The highest BCUT2D eigenvalue weighted by Gasteiger charge is 2.20. The summed E-state index contributed by atoms with van der Waals surface area (Å²) in [7, 11) is 0. The molecule has 0 aliphatic rings. The van der Waals surface area contributed by atoms with E-state index in [1.54, 1.807) is 0 Å². The fourth-order valence-electron chi connectivity index (χ4n) is 6.17. The standard InChI is InChI=1S/C40H39N3.4C2H6/c1-9-17-29-30(18-10-2)38(14-6)42(37(29)13-5)27-21-23-35-33(25-27)34-26-28(22-24-36(34)41-35)43-39(15-7)31(19-11-3)32(20-12-4)40(43)16-8;4*1-2/h9-26,41H,5-8H2,1-4H3;4*1-2H3/b17-9-,18-10-,19-11-,20-12-;;;;. The summed E-state index contributed by atoms with van der Waals surface area (Å²) in [5.41, 5.74) is 12.9. The van der Waals surface area contributed by atoms with Crippen LogP contribution in [0.2, 0.25) is 0 Å². The summed E-state index contributed by atoms with van der Waals surface area (Å²) in [4.78, 5) is 3.62. The maximum Gasteiger partial charge on any atom is 0.0535 e. The maximum atomic E-state index is 4.18. The average Bonchev–Trinajstić information content (AvgIpc) is 3.81. The van der Waals surface area contributed by atoms with Crippen LogP contribution in [0.15, 0.2) is 87.0 Å². The largest absolute Gasteiger partial charge is 0.355 e. The van der Waals surface area contributed by atoms with Crippen LogP contribution in [0.3, 0.4) is 0 Å². The van der Waals surface area contributed by atoms with Crippen LogP contribution in [-0.2, 0) is 0 Å². The summed E-state index contributed by atoms with van der Waals surface area (Å²) in [6, 6.07) is 13.1. The lowest BCUT2D eigenvalue weighted by Gasteiger charge is -2.12. The minimum Gasteiger partial charge on any atom is -0.355 e. The lowest BCUT2D eigenvalue weighted by Crippen LogP contribution is -2.00. The minimum atomic E-state index is 1.03. The van der Waals surface area contributed by atoms with E-state index in [4.69, 9.17) is 0 Å². The Balaban J connectivity index is 0.00000152. The smallest absolute Gasteiger partial charge is 0.0535 e. The number of aromatic amines is 1. The molecule has 0 saturated heterocycles. The Kier molecular flexibility index (Phi) is 19.2. The van der Waals surface area contributed by atoms with Crippen molar-refractivity contribution in [3.05, 3.63) is 132 Å². The van der Waals surface area contributed by atoms with Gasteiger partial charge >= 0.3 is 0 Å². The van der Waals surface area contributed by atoms with Crippen LogP contribution in [0, 0.1) is 0 Å². The number of aromatic nitrogens is 3. The van der Waals surface area contributed by atoms with Crippen molar-refractivity contribution in [1.29, 1.82) is 0 Å². The molecule has 0 unspecified atom stereocenters. The topological polar surface area (TPSA) is 25.6 Å². The fourth-order valence-corrected chi connectivity index (χ4v) is 6.17. The van der Waals surface area contributed by atoms with E-state index in [0.29, 0.717) is 0 Å². The molecule has 0 aliphatic carbocycles. The summed E-state index contributed by atoms with van der Waals surface area (Å²) in [5, 5.41) is 2.28. The molecule has 0 amide bonds. The lowest BCUT2D eigenvalue weighted by molar-refractivity contribution is 1.05. The van der Waals surface area contributed by atoms with Crippen molar-refractivity contribution in [1.82, 2.24) is 14.1 Å². The highest BCUT2D eigenvalue weighted by Crippen LogP contribution is 2.36. The number of H-pyrrole nitrogens is 1. The van der Waals surface area contributed by atoms with Crippen molar-refractivity contribution in [2.45, 2.75) is 83.1 Å². The van der Waals surface area contributed by atoms with Gasteiger partial charge < -0.3 is 14.1 Å². The van der Waals surface area contributed by atoms with E-state index in [2.05, 4.69) is 125 Å². The first-order chi connectivity index (χ1) is 25.0. The Hall–Kier alpha value is -5.28. The Bertz CT molecular complexity index is 1790. The SMILES string of the molecule is C=Cc1c(/C=C\C)c(/C=C\C)c(C=C)n1-c1ccc2[nH]c3ccc(-n4c(C=C)c(/C=C\C)c(/C=C\C)c4C=C)cc3c2c1.CC.CC.CC.CC. The molecule has 3 heterocycles.